The van der Waals surface area contributed by atoms with E-state index in [-0.39, 0.29) is 0 Å². The summed E-state index contributed by atoms with van der Waals surface area (Å²) in [6, 6.07) is 3.61. The van der Waals surface area contributed by atoms with E-state index in [0.717, 1.165) is 5.56 Å². The first kappa shape index (κ1) is 6.74. The van der Waals surface area contributed by atoms with Crippen molar-refractivity contribution in [1.82, 2.24) is 4.98 Å². The van der Waals surface area contributed by atoms with E-state index in [1.165, 1.54) is 0 Å². The predicted molar refractivity (Wildman–Crippen MR) is 37.3 cm³/mol. The van der Waals surface area contributed by atoms with E-state index in [9.17, 15) is 0 Å². The molecular weight excluding hydrogens is 128 g/mol. The van der Waals surface area contributed by atoms with Crippen molar-refractivity contribution < 1.29 is 5.21 Å². The molecule has 1 N–H and O–H groups in total. The topological polar surface area (TPSA) is 45.5 Å². The Balaban J connectivity index is 2.89. The van der Waals surface area contributed by atoms with Crippen molar-refractivity contribution >= 4 is 6.21 Å². The van der Waals surface area contributed by atoms with Gasteiger partial charge in [0, 0.05) is 6.20 Å². The Morgan fingerprint density at radius 1 is 1.60 bits per heavy atom. The Morgan fingerprint density at radius 3 is 2.90 bits per heavy atom. The largest absolute Gasteiger partial charge is 0.410 e. The van der Waals surface area contributed by atoms with Crippen LogP contribution in [0.25, 0.3) is 0 Å². The van der Waals surface area contributed by atoms with Crippen LogP contribution in [0.1, 0.15) is 11.3 Å². The molecule has 0 aliphatic rings. The number of nitrogens with zero attached hydrogens (tertiary/aromatic N) is 2. The predicted octanol–water partition coefficient (Wildman–Crippen LogP) is 1.08. The van der Waals surface area contributed by atoms with E-state index < -0.39 is 0 Å². The van der Waals surface area contributed by atoms with Gasteiger partial charge < -0.3 is 5.21 Å². The molecule has 1 rings (SSSR count). The third kappa shape index (κ3) is 1.55. The molecule has 0 fully saturated rings. The van der Waals surface area contributed by atoms with Crippen molar-refractivity contribution in [3.8, 4) is 0 Å². The van der Waals surface area contributed by atoms with Gasteiger partial charge in [0.2, 0.25) is 0 Å². The number of aromatic nitrogens is 1. The third-order valence-corrected chi connectivity index (χ3v) is 1.08. The minimum atomic E-state index is 0.535. The van der Waals surface area contributed by atoms with Crippen LogP contribution in [0.2, 0.25) is 0 Å². The molecular formula is C7H7N2O. The molecule has 0 saturated carbocycles. The summed E-state index contributed by atoms with van der Waals surface area (Å²) in [7, 11) is 0. The molecule has 10 heavy (non-hydrogen) atoms. The quantitative estimate of drug-likeness (QED) is 0.355. The van der Waals surface area contributed by atoms with Gasteiger partial charge in [-0.2, -0.15) is 0 Å². The highest BCUT2D eigenvalue weighted by Crippen LogP contribution is 1.94. The smallest absolute Gasteiger partial charge is 0.159 e. The van der Waals surface area contributed by atoms with Crippen LogP contribution in [0.5, 0.6) is 0 Å². The Labute approximate surface area is 59.0 Å². The van der Waals surface area contributed by atoms with Crippen molar-refractivity contribution in [3.05, 3.63) is 29.6 Å². The van der Waals surface area contributed by atoms with Crippen molar-refractivity contribution in [2.45, 2.75) is 6.92 Å². The zero-order valence-corrected chi connectivity index (χ0v) is 5.57. The van der Waals surface area contributed by atoms with Crippen LogP contribution in [0.15, 0.2) is 23.5 Å². The van der Waals surface area contributed by atoms with Crippen LogP contribution < -0.4 is 0 Å². The second-order valence-corrected chi connectivity index (χ2v) is 1.93. The number of rotatable bonds is 1. The minimum Gasteiger partial charge on any atom is -0.410 e. The fourth-order valence-corrected chi connectivity index (χ4v) is 0.585. The van der Waals surface area contributed by atoms with Crippen LogP contribution in [0.4, 0.5) is 0 Å². The average Bonchev–Trinajstić information content (AvgIpc) is 1.95. The standard InChI is InChI=1S/C7H7N2O/c1-6-2-3-7(5-9-10)8-4-6/h2-4,10H,1H3. The lowest BCUT2D eigenvalue weighted by molar-refractivity contribution is 0.321. The Kier molecular flexibility index (Phi) is 1.99. The maximum atomic E-state index is 8.06. The molecule has 0 bridgehead atoms. The summed E-state index contributed by atoms with van der Waals surface area (Å²) in [5, 5.41) is 10.8. The van der Waals surface area contributed by atoms with E-state index in [1.54, 1.807) is 12.3 Å². The van der Waals surface area contributed by atoms with Gasteiger partial charge in [-0.15, -0.1) is 0 Å². The molecule has 3 nitrogen and oxygen atoms in total. The Hall–Kier alpha value is -1.38. The van der Waals surface area contributed by atoms with Crippen molar-refractivity contribution in [1.29, 1.82) is 0 Å². The molecule has 1 aromatic rings. The first-order valence-corrected chi connectivity index (χ1v) is 2.85. The lowest BCUT2D eigenvalue weighted by atomic mass is 10.3. The highest BCUT2D eigenvalue weighted by Gasteiger charge is 1.87. The molecule has 0 spiro atoms. The molecule has 51 valence electrons. The van der Waals surface area contributed by atoms with Crippen LogP contribution in [-0.4, -0.2) is 16.4 Å². The summed E-state index contributed by atoms with van der Waals surface area (Å²) in [6.07, 6.45) is 3.99. The van der Waals surface area contributed by atoms with Gasteiger partial charge in [-0.05, 0) is 18.6 Å². The monoisotopic (exact) mass is 135 g/mol. The van der Waals surface area contributed by atoms with Crippen molar-refractivity contribution in [3.63, 3.8) is 0 Å². The number of aryl methyl sites for hydroxylation is 1. The summed E-state index contributed by atoms with van der Waals surface area (Å²) in [5.41, 5.74) is 1.61. The van der Waals surface area contributed by atoms with Gasteiger partial charge in [0.15, 0.2) is 6.21 Å². The summed E-state index contributed by atoms with van der Waals surface area (Å²) >= 11 is 0. The van der Waals surface area contributed by atoms with Gasteiger partial charge in [-0.1, -0.05) is 11.2 Å². The van der Waals surface area contributed by atoms with Crippen molar-refractivity contribution in [2.75, 3.05) is 0 Å². The fraction of sp³-hybridized carbons (Fsp3) is 0.143. The van der Waals surface area contributed by atoms with Gasteiger partial charge in [0.25, 0.3) is 0 Å². The molecule has 0 aromatic carbocycles. The lowest BCUT2D eigenvalue weighted by Crippen LogP contribution is -1.86. The maximum absolute atomic E-state index is 8.06. The zero-order chi connectivity index (χ0) is 7.40. The van der Waals surface area contributed by atoms with Gasteiger partial charge in [-0.25, -0.2) is 0 Å². The maximum Gasteiger partial charge on any atom is 0.159 e. The van der Waals surface area contributed by atoms with Crippen LogP contribution >= 0.6 is 0 Å². The second kappa shape index (κ2) is 2.96. The van der Waals surface area contributed by atoms with Crippen LogP contribution in [0, 0.1) is 6.92 Å². The summed E-state index contributed by atoms with van der Waals surface area (Å²) in [4.78, 5) is 3.90. The van der Waals surface area contributed by atoms with Gasteiger partial charge in [0.1, 0.15) is 0 Å². The SMILES string of the molecule is Cc1ccc(/[C]=N\O)nc1. The van der Waals surface area contributed by atoms with Gasteiger partial charge in [0.05, 0.1) is 5.69 Å². The normalized spacial score (nSPS) is 10.5. The molecule has 3 heteroatoms. The fourth-order valence-electron chi connectivity index (χ4n) is 0.585. The average molecular weight is 135 g/mol. The second-order valence-electron chi connectivity index (χ2n) is 1.93. The van der Waals surface area contributed by atoms with Crippen LogP contribution in [0.3, 0.4) is 0 Å². The summed E-state index contributed by atoms with van der Waals surface area (Å²) in [5.74, 6) is 0. The van der Waals surface area contributed by atoms with Gasteiger partial charge >= 0.3 is 0 Å². The van der Waals surface area contributed by atoms with Crippen molar-refractivity contribution in [2.24, 2.45) is 5.16 Å². The van der Waals surface area contributed by atoms with E-state index in [4.69, 9.17) is 5.21 Å². The Bertz CT molecular complexity index is 228. The highest BCUT2D eigenvalue weighted by atomic mass is 16.4. The minimum absolute atomic E-state index is 0.535. The summed E-state index contributed by atoms with van der Waals surface area (Å²) < 4.78 is 0. The number of hydrogen-bond acceptors (Lipinski definition) is 3. The third-order valence-electron chi connectivity index (χ3n) is 1.08. The lowest BCUT2D eigenvalue weighted by Gasteiger charge is -1.89. The molecule has 0 aliphatic carbocycles. The van der Waals surface area contributed by atoms with E-state index >= 15 is 0 Å². The van der Waals surface area contributed by atoms with E-state index in [2.05, 4.69) is 16.4 Å². The molecule has 0 unspecified atom stereocenters. The molecule has 0 aliphatic heterocycles. The van der Waals surface area contributed by atoms with E-state index in [1.807, 2.05) is 13.0 Å². The van der Waals surface area contributed by atoms with E-state index in [0.29, 0.717) is 5.69 Å². The Morgan fingerprint density at radius 2 is 2.40 bits per heavy atom. The highest BCUT2D eigenvalue weighted by molar-refractivity contribution is 5.76. The molecule has 1 radical (unpaired) electrons. The van der Waals surface area contributed by atoms with Crippen LogP contribution in [-0.2, 0) is 0 Å². The molecule has 1 aromatic heterocycles. The molecule has 0 saturated heterocycles. The summed E-state index contributed by atoms with van der Waals surface area (Å²) in [6.45, 7) is 1.94. The number of hydrogen-bond donors (Lipinski definition) is 1. The first-order chi connectivity index (χ1) is 4.83. The first-order valence-electron chi connectivity index (χ1n) is 2.85. The molecule has 1 heterocycles. The number of pyridine rings is 1. The molecule has 0 atom stereocenters. The molecule has 0 amide bonds. The zero-order valence-electron chi connectivity index (χ0n) is 5.57. The van der Waals surface area contributed by atoms with Gasteiger partial charge in [-0.3, -0.25) is 4.98 Å².